The average molecular weight is 208 g/mol. The van der Waals surface area contributed by atoms with Crippen molar-refractivity contribution < 1.29 is 9.18 Å². The van der Waals surface area contributed by atoms with E-state index in [1.165, 1.54) is 12.1 Å². The number of rotatable bonds is 5. The molecule has 2 heteroatoms. The summed E-state index contributed by atoms with van der Waals surface area (Å²) >= 11 is 0. The van der Waals surface area contributed by atoms with Crippen molar-refractivity contribution >= 4 is 5.78 Å². The van der Waals surface area contributed by atoms with Gasteiger partial charge in [-0.3, -0.25) is 4.79 Å². The number of carbonyl (C=O) groups excluding carboxylic acids is 1. The molecule has 0 fully saturated rings. The van der Waals surface area contributed by atoms with Crippen molar-refractivity contribution in [3.05, 3.63) is 35.1 Å². The molecule has 1 nitrogen and oxygen atoms in total. The van der Waals surface area contributed by atoms with Crippen LogP contribution < -0.4 is 0 Å². The number of Topliss-reactive ketones (excluding diaryl/α,β-unsaturated/α-hetero) is 1. The molecular weight excluding hydrogens is 191 g/mol. The molecule has 0 radical (unpaired) electrons. The first-order valence-electron chi connectivity index (χ1n) is 5.40. The molecule has 0 saturated heterocycles. The maximum absolute atomic E-state index is 12.9. The largest absolute Gasteiger partial charge is 0.300 e. The molecule has 1 rings (SSSR count). The van der Waals surface area contributed by atoms with Gasteiger partial charge in [-0.05, 0) is 43.0 Å². The van der Waals surface area contributed by atoms with Crippen LogP contribution in [0.15, 0.2) is 18.2 Å². The molecule has 1 aromatic carbocycles. The minimum Gasteiger partial charge on any atom is -0.300 e. The standard InChI is InChI=1S/C13H17FO/c1-3-4-13(15)8-6-11-9-12(14)7-5-10(11)2/h5,7,9H,3-4,6,8H2,1-2H3. The normalized spacial score (nSPS) is 10.3. The van der Waals surface area contributed by atoms with Crippen LogP contribution in [0.25, 0.3) is 0 Å². The molecule has 0 saturated carbocycles. The van der Waals surface area contributed by atoms with E-state index < -0.39 is 0 Å². The number of benzene rings is 1. The van der Waals surface area contributed by atoms with Gasteiger partial charge >= 0.3 is 0 Å². The molecule has 0 amide bonds. The minimum atomic E-state index is -0.224. The second kappa shape index (κ2) is 5.64. The third-order valence-corrected chi connectivity index (χ3v) is 2.51. The summed E-state index contributed by atoms with van der Waals surface area (Å²) in [6.45, 7) is 3.93. The first kappa shape index (κ1) is 11.9. The highest BCUT2D eigenvalue weighted by molar-refractivity contribution is 5.78. The molecule has 0 spiro atoms. The van der Waals surface area contributed by atoms with E-state index in [1.54, 1.807) is 6.07 Å². The smallest absolute Gasteiger partial charge is 0.133 e. The molecule has 0 bridgehead atoms. The summed E-state index contributed by atoms with van der Waals surface area (Å²) in [5.41, 5.74) is 2.00. The van der Waals surface area contributed by atoms with Gasteiger partial charge in [0.2, 0.25) is 0 Å². The number of hydrogen-bond donors (Lipinski definition) is 0. The molecule has 0 heterocycles. The van der Waals surface area contributed by atoms with Crippen LogP contribution in [-0.4, -0.2) is 5.78 Å². The van der Waals surface area contributed by atoms with Crippen LogP contribution in [-0.2, 0) is 11.2 Å². The van der Waals surface area contributed by atoms with Crippen LogP contribution >= 0.6 is 0 Å². The summed E-state index contributed by atoms with van der Waals surface area (Å²) in [5, 5.41) is 0. The molecule has 0 aromatic heterocycles. The number of ketones is 1. The molecule has 1 aromatic rings. The lowest BCUT2D eigenvalue weighted by Crippen LogP contribution is -2.00. The fourth-order valence-corrected chi connectivity index (χ4v) is 1.59. The van der Waals surface area contributed by atoms with Gasteiger partial charge < -0.3 is 0 Å². The van der Waals surface area contributed by atoms with E-state index in [1.807, 2.05) is 13.8 Å². The van der Waals surface area contributed by atoms with Gasteiger partial charge in [-0.15, -0.1) is 0 Å². The summed E-state index contributed by atoms with van der Waals surface area (Å²) in [5.74, 6) is 0.0414. The Morgan fingerprint density at radius 2 is 2.07 bits per heavy atom. The van der Waals surface area contributed by atoms with Gasteiger partial charge in [-0.25, -0.2) is 4.39 Å². The highest BCUT2D eigenvalue weighted by atomic mass is 19.1. The highest BCUT2D eigenvalue weighted by Gasteiger charge is 2.04. The van der Waals surface area contributed by atoms with E-state index in [2.05, 4.69) is 0 Å². The molecule has 0 atom stereocenters. The van der Waals surface area contributed by atoms with E-state index in [0.29, 0.717) is 19.3 Å². The zero-order valence-corrected chi connectivity index (χ0v) is 9.35. The van der Waals surface area contributed by atoms with E-state index in [0.717, 1.165) is 17.5 Å². The molecule has 82 valence electrons. The average Bonchev–Trinajstić information content (AvgIpc) is 2.20. The summed E-state index contributed by atoms with van der Waals surface area (Å²) in [7, 11) is 0. The van der Waals surface area contributed by atoms with Crippen molar-refractivity contribution in [2.45, 2.75) is 39.5 Å². The van der Waals surface area contributed by atoms with Crippen molar-refractivity contribution in [3.8, 4) is 0 Å². The van der Waals surface area contributed by atoms with E-state index in [4.69, 9.17) is 0 Å². The molecule has 0 aliphatic carbocycles. The Kier molecular flexibility index (Phi) is 4.47. The molecule has 0 N–H and O–H groups in total. The van der Waals surface area contributed by atoms with Gasteiger partial charge in [0.15, 0.2) is 0 Å². The first-order chi connectivity index (χ1) is 7.13. The van der Waals surface area contributed by atoms with Gasteiger partial charge in [0.1, 0.15) is 11.6 Å². The lowest BCUT2D eigenvalue weighted by atomic mass is 10.0. The molecular formula is C13H17FO. The van der Waals surface area contributed by atoms with Crippen molar-refractivity contribution in [2.24, 2.45) is 0 Å². The third-order valence-electron chi connectivity index (χ3n) is 2.51. The molecule has 0 unspecified atom stereocenters. The zero-order chi connectivity index (χ0) is 11.3. The monoisotopic (exact) mass is 208 g/mol. The van der Waals surface area contributed by atoms with Crippen LogP contribution in [0.2, 0.25) is 0 Å². The topological polar surface area (TPSA) is 17.1 Å². The highest BCUT2D eigenvalue weighted by Crippen LogP contribution is 2.13. The summed E-state index contributed by atoms with van der Waals surface area (Å²) in [6, 6.07) is 4.73. The Bertz CT molecular complexity index is 344. The Labute approximate surface area is 90.3 Å². The fraction of sp³-hybridized carbons (Fsp3) is 0.462. The summed E-state index contributed by atoms with van der Waals surface area (Å²) in [6.07, 6.45) is 2.70. The lowest BCUT2D eigenvalue weighted by molar-refractivity contribution is -0.119. The van der Waals surface area contributed by atoms with Crippen molar-refractivity contribution in [1.82, 2.24) is 0 Å². The van der Waals surface area contributed by atoms with Crippen LogP contribution in [0.4, 0.5) is 4.39 Å². The number of carbonyl (C=O) groups is 1. The lowest BCUT2D eigenvalue weighted by Gasteiger charge is -2.05. The van der Waals surface area contributed by atoms with Crippen LogP contribution in [0.5, 0.6) is 0 Å². The van der Waals surface area contributed by atoms with Crippen LogP contribution in [0, 0.1) is 12.7 Å². The van der Waals surface area contributed by atoms with Gasteiger partial charge in [0, 0.05) is 12.8 Å². The second-order valence-corrected chi connectivity index (χ2v) is 3.86. The zero-order valence-electron chi connectivity index (χ0n) is 9.35. The summed E-state index contributed by atoms with van der Waals surface area (Å²) in [4.78, 5) is 11.3. The van der Waals surface area contributed by atoms with Crippen molar-refractivity contribution in [1.29, 1.82) is 0 Å². The predicted octanol–water partition coefficient (Wildman–Crippen LogP) is 3.44. The van der Waals surface area contributed by atoms with Crippen LogP contribution in [0.3, 0.4) is 0 Å². The fourth-order valence-electron chi connectivity index (χ4n) is 1.59. The van der Waals surface area contributed by atoms with E-state index in [-0.39, 0.29) is 11.6 Å². The first-order valence-corrected chi connectivity index (χ1v) is 5.40. The SMILES string of the molecule is CCCC(=O)CCc1cc(F)ccc1C. The number of halogens is 1. The number of aryl methyl sites for hydroxylation is 2. The summed E-state index contributed by atoms with van der Waals surface area (Å²) < 4.78 is 12.9. The van der Waals surface area contributed by atoms with E-state index >= 15 is 0 Å². The van der Waals surface area contributed by atoms with E-state index in [9.17, 15) is 9.18 Å². The second-order valence-electron chi connectivity index (χ2n) is 3.86. The quantitative estimate of drug-likeness (QED) is 0.724. The van der Waals surface area contributed by atoms with Crippen molar-refractivity contribution in [2.75, 3.05) is 0 Å². The minimum absolute atomic E-state index is 0.224. The maximum Gasteiger partial charge on any atom is 0.133 e. The molecule has 15 heavy (non-hydrogen) atoms. The van der Waals surface area contributed by atoms with Gasteiger partial charge in [0.25, 0.3) is 0 Å². The Balaban J connectivity index is 2.57. The molecule has 0 aliphatic heterocycles. The Morgan fingerprint density at radius 1 is 1.33 bits per heavy atom. The van der Waals surface area contributed by atoms with Gasteiger partial charge in [-0.1, -0.05) is 13.0 Å². The Hall–Kier alpha value is -1.18. The molecule has 0 aliphatic rings. The number of hydrogen-bond acceptors (Lipinski definition) is 1. The van der Waals surface area contributed by atoms with Gasteiger partial charge in [-0.2, -0.15) is 0 Å². The van der Waals surface area contributed by atoms with Crippen LogP contribution in [0.1, 0.15) is 37.3 Å². The third kappa shape index (κ3) is 3.82. The van der Waals surface area contributed by atoms with Crippen molar-refractivity contribution in [3.63, 3.8) is 0 Å². The maximum atomic E-state index is 12.9. The Morgan fingerprint density at radius 3 is 2.73 bits per heavy atom. The predicted molar refractivity (Wildman–Crippen MR) is 59.4 cm³/mol. The van der Waals surface area contributed by atoms with Gasteiger partial charge in [0.05, 0.1) is 0 Å².